The fourth-order valence-corrected chi connectivity index (χ4v) is 5.33. The van der Waals surface area contributed by atoms with E-state index in [0.717, 1.165) is 0 Å². The smallest absolute Gasteiger partial charge is 0.330 e. The Bertz CT molecular complexity index is 1200. The number of allylic oxidation sites excluding steroid dienone is 6. The molecule has 3 aliphatic heterocycles. The third kappa shape index (κ3) is 12.5. The average molecular weight is 666 g/mol. The number of carbonyl (C=O) groups excluding carboxylic acids is 2. The molecule has 0 aromatic rings. The van der Waals surface area contributed by atoms with Crippen molar-refractivity contribution in [2.75, 3.05) is 0 Å². The number of cyclic esters (lactones) is 1. The number of ether oxygens (including phenoxy) is 4. The van der Waals surface area contributed by atoms with Gasteiger partial charge in [0.05, 0.1) is 48.8 Å². The molecule has 3 aliphatic rings. The standard InChI is InChI=1S/C33H47NO13/c1-18-10-8-6-4-3-5-7-9-11-22(46-33-31(41)29(34)30(40)19(2)45-33)17-24(38)28(32(42)43)23(37)15-20(35)14-21(36)16-26-25(47-26)12-13-27(39)44-18/h3-9,11-13,18-19,21-26,28-31,33,36-38,40-41H,10,14-17,34H2,1-2H3,(H,42,43)/t18?,19-,21?,22?,23?,24?,25?,26?,28?,29+,30-,31+,33+/m1/s1. The third-order valence-electron chi connectivity index (χ3n) is 8.05. The lowest BCUT2D eigenvalue weighted by Gasteiger charge is -2.41. The number of hydrogen-bond donors (Lipinski definition) is 7. The monoisotopic (exact) mass is 665 g/mol. The van der Waals surface area contributed by atoms with Gasteiger partial charge in [-0.15, -0.1) is 0 Å². The lowest BCUT2D eigenvalue weighted by molar-refractivity contribution is -0.277. The maximum absolute atomic E-state index is 12.6. The molecule has 2 fully saturated rings. The van der Waals surface area contributed by atoms with Crippen molar-refractivity contribution in [3.8, 4) is 0 Å². The SMILES string of the molecule is CC1CC=CC=CC=CC=CC(O[C@@H]2O[C@H](C)[C@@H](O)[C@H](N)[C@@H]2O)CC(O)C(C(=O)O)C(O)CC(=O)CC(O)CC2OC2C=CC(=O)O1. The van der Waals surface area contributed by atoms with Crippen LogP contribution >= 0.6 is 0 Å². The van der Waals surface area contributed by atoms with Gasteiger partial charge >= 0.3 is 11.9 Å². The first-order valence-corrected chi connectivity index (χ1v) is 15.7. The Balaban J connectivity index is 1.79. The second kappa shape index (κ2) is 18.5. The van der Waals surface area contributed by atoms with E-state index in [9.17, 15) is 45.0 Å². The zero-order valence-electron chi connectivity index (χ0n) is 26.4. The molecule has 47 heavy (non-hydrogen) atoms. The van der Waals surface area contributed by atoms with Crippen molar-refractivity contribution >= 4 is 17.7 Å². The van der Waals surface area contributed by atoms with Gasteiger partial charge in [-0.1, -0.05) is 48.6 Å². The van der Waals surface area contributed by atoms with Gasteiger partial charge in [0.15, 0.2) is 6.29 Å². The summed E-state index contributed by atoms with van der Waals surface area (Å²) in [5.74, 6) is -4.54. The first-order valence-electron chi connectivity index (χ1n) is 15.7. The zero-order chi connectivity index (χ0) is 34.7. The van der Waals surface area contributed by atoms with E-state index >= 15 is 0 Å². The molecule has 8 N–H and O–H groups in total. The quantitative estimate of drug-likeness (QED) is 0.155. The van der Waals surface area contributed by atoms with Gasteiger partial charge in [-0.05, 0) is 19.9 Å². The molecule has 3 rings (SSSR count). The van der Waals surface area contributed by atoms with E-state index in [1.165, 1.54) is 25.2 Å². The number of fused-ring (bicyclic) bond motifs is 1. The van der Waals surface area contributed by atoms with Crippen LogP contribution in [0.1, 0.15) is 46.0 Å². The first kappa shape index (κ1) is 38.4. The van der Waals surface area contributed by atoms with E-state index in [-0.39, 0.29) is 25.4 Å². The second-order valence-corrected chi connectivity index (χ2v) is 12.1. The predicted octanol–water partition coefficient (Wildman–Crippen LogP) is -0.0377. The fourth-order valence-electron chi connectivity index (χ4n) is 5.33. The average Bonchev–Trinajstić information content (AvgIpc) is 3.72. The van der Waals surface area contributed by atoms with Crippen molar-refractivity contribution in [2.45, 2.75) is 119 Å². The van der Waals surface area contributed by atoms with E-state index in [1.54, 1.807) is 43.4 Å². The number of hydrogen-bond acceptors (Lipinski definition) is 13. The molecule has 0 aliphatic carbocycles. The van der Waals surface area contributed by atoms with Crippen molar-refractivity contribution in [2.24, 2.45) is 11.7 Å². The Hall–Kier alpha value is -3.05. The molecule has 0 amide bonds. The number of carboxylic acid groups (broad SMARTS) is 1. The number of carboxylic acids is 1. The van der Waals surface area contributed by atoms with Crippen LogP contribution in [0.3, 0.4) is 0 Å². The fraction of sp³-hybridized carbons (Fsp3) is 0.606. The summed E-state index contributed by atoms with van der Waals surface area (Å²) >= 11 is 0. The molecular formula is C33H47NO13. The Morgan fingerprint density at radius 2 is 1.55 bits per heavy atom. The molecule has 2 saturated heterocycles. The molecule has 262 valence electrons. The molecule has 0 spiro atoms. The Morgan fingerprint density at radius 3 is 2.26 bits per heavy atom. The highest BCUT2D eigenvalue weighted by molar-refractivity contribution is 5.82. The van der Waals surface area contributed by atoms with E-state index in [0.29, 0.717) is 6.42 Å². The van der Waals surface area contributed by atoms with Gasteiger partial charge in [0.1, 0.15) is 30.0 Å². The van der Waals surface area contributed by atoms with Crippen molar-refractivity contribution in [1.82, 2.24) is 0 Å². The molecule has 0 bridgehead atoms. The maximum Gasteiger partial charge on any atom is 0.330 e. The van der Waals surface area contributed by atoms with Crippen LogP contribution in [0.4, 0.5) is 0 Å². The topological polar surface area (TPSA) is 239 Å². The van der Waals surface area contributed by atoms with E-state index < -0.39 is 97.3 Å². The number of Topliss-reactive ketones (excluding diaryl/α,β-unsaturated/α-hetero) is 1. The molecule has 14 nitrogen and oxygen atoms in total. The number of aliphatic carboxylic acids is 1. The highest BCUT2D eigenvalue weighted by Crippen LogP contribution is 2.29. The van der Waals surface area contributed by atoms with Crippen molar-refractivity contribution < 1.29 is 64.0 Å². The highest BCUT2D eigenvalue weighted by atomic mass is 16.7. The van der Waals surface area contributed by atoms with Crippen LogP contribution in [0, 0.1) is 5.92 Å². The second-order valence-electron chi connectivity index (χ2n) is 12.1. The number of nitrogens with two attached hydrogens (primary N) is 1. The largest absolute Gasteiger partial charge is 0.481 e. The number of aliphatic hydroxyl groups is 5. The Labute approximate surface area is 273 Å². The molecular weight excluding hydrogens is 618 g/mol. The molecule has 8 unspecified atom stereocenters. The molecule has 3 heterocycles. The van der Waals surface area contributed by atoms with Crippen LogP contribution in [0.5, 0.6) is 0 Å². The van der Waals surface area contributed by atoms with Crippen LogP contribution < -0.4 is 5.73 Å². The van der Waals surface area contributed by atoms with Gasteiger partial charge in [0, 0.05) is 38.2 Å². The summed E-state index contributed by atoms with van der Waals surface area (Å²) in [5, 5.41) is 62.6. The maximum atomic E-state index is 12.6. The van der Waals surface area contributed by atoms with Crippen LogP contribution in [0.15, 0.2) is 60.8 Å². The van der Waals surface area contributed by atoms with Crippen LogP contribution in [0.25, 0.3) is 0 Å². The van der Waals surface area contributed by atoms with Gasteiger partial charge in [-0.2, -0.15) is 0 Å². The number of rotatable bonds is 3. The predicted molar refractivity (Wildman–Crippen MR) is 166 cm³/mol. The summed E-state index contributed by atoms with van der Waals surface area (Å²) in [6, 6.07) is -1.10. The molecule has 14 heteroatoms. The lowest BCUT2D eigenvalue weighted by Crippen LogP contribution is -2.61. The first-order chi connectivity index (χ1) is 22.3. The van der Waals surface area contributed by atoms with E-state index in [2.05, 4.69) is 0 Å². The number of aliphatic hydroxyl groups excluding tert-OH is 5. The molecule has 0 aromatic carbocycles. The Morgan fingerprint density at radius 1 is 0.872 bits per heavy atom. The summed E-state index contributed by atoms with van der Waals surface area (Å²) < 4.78 is 22.2. The highest BCUT2D eigenvalue weighted by Gasteiger charge is 2.43. The van der Waals surface area contributed by atoms with Gasteiger partial charge in [-0.3, -0.25) is 9.59 Å². The van der Waals surface area contributed by atoms with Crippen molar-refractivity contribution in [1.29, 1.82) is 0 Å². The summed E-state index contributed by atoms with van der Waals surface area (Å²) in [4.78, 5) is 36.9. The minimum absolute atomic E-state index is 0.0692. The Kier molecular flexibility index (Phi) is 15.1. The van der Waals surface area contributed by atoms with Crippen molar-refractivity contribution in [3.63, 3.8) is 0 Å². The third-order valence-corrected chi connectivity index (χ3v) is 8.05. The van der Waals surface area contributed by atoms with Gasteiger partial charge < -0.3 is 55.3 Å². The number of ketones is 1. The van der Waals surface area contributed by atoms with Gasteiger partial charge in [0.25, 0.3) is 0 Å². The molecule has 0 radical (unpaired) electrons. The van der Waals surface area contributed by atoms with Gasteiger partial charge in [0.2, 0.25) is 0 Å². The van der Waals surface area contributed by atoms with Gasteiger partial charge in [-0.25, -0.2) is 4.79 Å². The van der Waals surface area contributed by atoms with E-state index in [1.807, 2.05) is 6.08 Å². The molecule has 0 aromatic heterocycles. The number of carbonyl (C=O) groups is 3. The zero-order valence-corrected chi connectivity index (χ0v) is 26.4. The summed E-state index contributed by atoms with van der Waals surface area (Å²) in [6.45, 7) is 3.29. The molecule has 0 saturated carbocycles. The minimum Gasteiger partial charge on any atom is -0.481 e. The number of esters is 1. The van der Waals surface area contributed by atoms with E-state index in [4.69, 9.17) is 24.7 Å². The lowest BCUT2D eigenvalue weighted by atomic mass is 9.88. The molecule has 13 atom stereocenters. The van der Waals surface area contributed by atoms with Crippen molar-refractivity contribution in [3.05, 3.63) is 60.8 Å². The van der Waals surface area contributed by atoms with Crippen LogP contribution in [-0.2, 0) is 33.3 Å². The summed E-state index contributed by atoms with van der Waals surface area (Å²) in [6.07, 6.45) is 3.57. The number of epoxide rings is 1. The van der Waals surface area contributed by atoms with Crippen LogP contribution in [-0.4, -0.2) is 122 Å². The summed E-state index contributed by atoms with van der Waals surface area (Å²) in [5.41, 5.74) is 5.91. The van der Waals surface area contributed by atoms with Crippen LogP contribution in [0.2, 0.25) is 0 Å². The minimum atomic E-state index is -1.80. The normalized spacial score (nSPS) is 40.0. The summed E-state index contributed by atoms with van der Waals surface area (Å²) in [7, 11) is 0.